The number of thioether (sulfide) groups is 1. The first kappa shape index (κ1) is 31.3. The van der Waals surface area contributed by atoms with Crippen molar-refractivity contribution in [1.29, 1.82) is 0 Å². The van der Waals surface area contributed by atoms with Crippen molar-refractivity contribution in [2.24, 2.45) is 5.92 Å². The fourth-order valence-electron chi connectivity index (χ4n) is 5.05. The van der Waals surface area contributed by atoms with Gasteiger partial charge in [0.2, 0.25) is 11.8 Å². The van der Waals surface area contributed by atoms with Crippen LogP contribution in [0.15, 0.2) is 66.7 Å². The molecule has 0 aliphatic carbocycles. The van der Waals surface area contributed by atoms with Gasteiger partial charge in [-0.3, -0.25) is 14.5 Å². The second-order valence-corrected chi connectivity index (χ2v) is 12.2. The summed E-state index contributed by atoms with van der Waals surface area (Å²) < 4.78 is 18.5. The number of hydrogen-bond acceptors (Lipinski definition) is 7. The third-order valence-electron chi connectivity index (χ3n) is 7.25. The summed E-state index contributed by atoms with van der Waals surface area (Å²) in [5.41, 5.74) is 3.75. The Morgan fingerprint density at radius 1 is 1.00 bits per heavy atom. The van der Waals surface area contributed by atoms with E-state index in [9.17, 15) is 9.59 Å². The van der Waals surface area contributed by atoms with Crippen LogP contribution in [0, 0.1) is 5.92 Å². The lowest BCUT2D eigenvalue weighted by molar-refractivity contribution is -0.123. The first-order valence-electron chi connectivity index (χ1n) is 14.2. The predicted molar refractivity (Wildman–Crippen MR) is 175 cm³/mol. The molecule has 0 radical (unpaired) electrons. The number of amides is 2. The number of nitrogens with one attached hydrogen (secondary N) is 1. The molecular formula is C33H35ClN4O5S. The highest BCUT2D eigenvalue weighted by molar-refractivity contribution is 8.00. The van der Waals surface area contributed by atoms with Crippen LogP contribution >= 0.6 is 23.4 Å². The molecule has 9 nitrogen and oxygen atoms in total. The topological polar surface area (TPSA) is 94.9 Å². The van der Waals surface area contributed by atoms with E-state index in [1.54, 1.807) is 30.9 Å². The molecule has 4 aromatic rings. The number of aromatic nitrogens is 2. The molecule has 0 saturated carbocycles. The highest BCUT2D eigenvalue weighted by Crippen LogP contribution is 2.51. The smallest absolute Gasteiger partial charge is 0.240 e. The lowest BCUT2D eigenvalue weighted by Crippen LogP contribution is -2.43. The molecule has 5 rings (SSSR count). The quantitative estimate of drug-likeness (QED) is 0.223. The van der Waals surface area contributed by atoms with Crippen molar-refractivity contribution in [3.63, 3.8) is 0 Å². The van der Waals surface area contributed by atoms with Crippen molar-refractivity contribution in [2.45, 2.75) is 19.1 Å². The van der Waals surface area contributed by atoms with Gasteiger partial charge < -0.3 is 19.5 Å². The van der Waals surface area contributed by atoms with E-state index in [0.29, 0.717) is 46.0 Å². The van der Waals surface area contributed by atoms with E-state index in [0.717, 1.165) is 16.7 Å². The maximum atomic E-state index is 14.0. The van der Waals surface area contributed by atoms with E-state index in [1.807, 2.05) is 80.6 Å². The molecule has 1 aliphatic rings. The van der Waals surface area contributed by atoms with Crippen LogP contribution in [0.1, 0.15) is 30.2 Å². The Kier molecular flexibility index (Phi) is 9.71. The fraction of sp³-hybridized carbons (Fsp3) is 0.303. The second kappa shape index (κ2) is 13.7. The molecule has 0 saturated heterocycles. The Labute approximate surface area is 266 Å². The van der Waals surface area contributed by atoms with E-state index in [4.69, 9.17) is 30.9 Å². The number of carbonyl (C=O) groups excluding carboxylic acids is 2. The Balaban J connectivity index is 1.80. The Bertz CT molecular complexity index is 1640. The molecule has 2 amide bonds. The fourth-order valence-corrected chi connectivity index (χ4v) is 6.39. The minimum absolute atomic E-state index is 0.125. The van der Waals surface area contributed by atoms with E-state index in [-0.39, 0.29) is 30.0 Å². The number of methoxy groups -OCH3 is 3. The zero-order chi connectivity index (χ0) is 31.4. The van der Waals surface area contributed by atoms with Gasteiger partial charge in [-0.1, -0.05) is 37.6 Å². The Morgan fingerprint density at radius 3 is 2.32 bits per heavy atom. The number of carbonyl (C=O) groups is 2. The van der Waals surface area contributed by atoms with Crippen molar-refractivity contribution < 1.29 is 23.8 Å². The number of benzene rings is 3. The van der Waals surface area contributed by atoms with Gasteiger partial charge in [0, 0.05) is 28.3 Å². The van der Waals surface area contributed by atoms with Crippen molar-refractivity contribution >= 4 is 41.0 Å². The number of halogens is 1. The third-order valence-corrected chi connectivity index (χ3v) is 8.74. The van der Waals surface area contributed by atoms with Crippen molar-refractivity contribution in [1.82, 2.24) is 15.1 Å². The molecular weight excluding hydrogens is 600 g/mol. The molecule has 1 aliphatic heterocycles. The molecule has 1 N–H and O–H groups in total. The lowest BCUT2D eigenvalue weighted by atomic mass is 9.98. The highest BCUT2D eigenvalue weighted by atomic mass is 35.5. The first-order valence-corrected chi connectivity index (χ1v) is 15.6. The minimum atomic E-state index is -0.402. The van der Waals surface area contributed by atoms with Crippen molar-refractivity contribution in [2.75, 3.05) is 45.1 Å². The molecule has 1 atom stereocenters. The monoisotopic (exact) mass is 634 g/mol. The number of anilines is 1. The van der Waals surface area contributed by atoms with Gasteiger partial charge in [0.15, 0.2) is 0 Å². The number of ether oxygens (including phenoxy) is 3. The van der Waals surface area contributed by atoms with Crippen LogP contribution in [0.2, 0.25) is 5.02 Å². The van der Waals surface area contributed by atoms with Gasteiger partial charge in [0.1, 0.15) is 29.6 Å². The molecule has 0 fully saturated rings. The molecule has 1 unspecified atom stereocenters. The number of nitrogens with zero attached hydrogens (tertiary/aromatic N) is 3. The van der Waals surface area contributed by atoms with Crippen LogP contribution in [0.3, 0.4) is 0 Å². The first-order chi connectivity index (χ1) is 21.2. The van der Waals surface area contributed by atoms with Gasteiger partial charge in [-0.25, -0.2) is 4.68 Å². The number of rotatable bonds is 10. The molecule has 2 heterocycles. The molecule has 3 aromatic carbocycles. The average Bonchev–Trinajstić information content (AvgIpc) is 3.36. The minimum Gasteiger partial charge on any atom is -0.497 e. The summed E-state index contributed by atoms with van der Waals surface area (Å²) in [5, 5.41) is 8.27. The maximum Gasteiger partial charge on any atom is 0.240 e. The van der Waals surface area contributed by atoms with Crippen LogP contribution in [0.25, 0.3) is 16.9 Å². The van der Waals surface area contributed by atoms with Crippen LogP contribution in [-0.4, -0.2) is 61.8 Å². The molecule has 1 aromatic heterocycles. The standard InChI is InChI=1S/C33H35ClN4O5S/c1-20(2)17-35-28(39)18-37-29(40)19-44-32(26-16-25(42-4)14-15-27(26)43-5)30-31(21-6-8-22(34)9-7-21)36-38(33(30)37)23-10-12-24(41-3)13-11-23/h6-16,20,32H,17-19H2,1-5H3,(H,35,39). The predicted octanol–water partition coefficient (Wildman–Crippen LogP) is 6.16. The molecule has 0 spiro atoms. The summed E-state index contributed by atoms with van der Waals surface area (Å²) in [6.45, 7) is 4.38. The normalized spacial score (nSPS) is 14.7. The van der Waals surface area contributed by atoms with Crippen LogP contribution in [0.5, 0.6) is 17.2 Å². The second-order valence-electron chi connectivity index (χ2n) is 10.7. The van der Waals surface area contributed by atoms with E-state index >= 15 is 0 Å². The van der Waals surface area contributed by atoms with Gasteiger partial charge in [0.25, 0.3) is 0 Å². The van der Waals surface area contributed by atoms with Gasteiger partial charge in [-0.05, 0) is 60.5 Å². The number of hydrogen-bond donors (Lipinski definition) is 1. The summed E-state index contributed by atoms with van der Waals surface area (Å²) in [4.78, 5) is 28.8. The molecule has 11 heteroatoms. The van der Waals surface area contributed by atoms with Crippen molar-refractivity contribution in [3.05, 3.63) is 82.9 Å². The van der Waals surface area contributed by atoms with Gasteiger partial charge in [-0.15, -0.1) is 11.8 Å². The zero-order valence-electron chi connectivity index (χ0n) is 25.3. The molecule has 230 valence electrons. The SMILES string of the molecule is COc1ccc(-n2nc(-c3ccc(Cl)cc3)c3c2N(CC(=O)NCC(C)C)C(=O)CSC3c2cc(OC)ccc2OC)cc1. The van der Waals surface area contributed by atoms with Gasteiger partial charge in [-0.2, -0.15) is 5.10 Å². The van der Waals surface area contributed by atoms with E-state index < -0.39 is 5.25 Å². The summed E-state index contributed by atoms with van der Waals surface area (Å²) in [5.74, 6) is 2.40. The summed E-state index contributed by atoms with van der Waals surface area (Å²) >= 11 is 7.73. The maximum absolute atomic E-state index is 14.0. The van der Waals surface area contributed by atoms with Gasteiger partial charge in [0.05, 0.1) is 43.7 Å². The van der Waals surface area contributed by atoms with E-state index in [1.165, 1.54) is 11.8 Å². The number of fused-ring (bicyclic) bond motifs is 1. The van der Waals surface area contributed by atoms with Crippen molar-refractivity contribution in [3.8, 4) is 34.2 Å². The largest absolute Gasteiger partial charge is 0.497 e. The van der Waals surface area contributed by atoms with Crippen LogP contribution in [-0.2, 0) is 9.59 Å². The van der Waals surface area contributed by atoms with Gasteiger partial charge >= 0.3 is 0 Å². The third kappa shape index (κ3) is 6.51. The summed E-state index contributed by atoms with van der Waals surface area (Å²) in [6.07, 6.45) is 0. The van der Waals surface area contributed by atoms with E-state index in [2.05, 4.69) is 5.32 Å². The zero-order valence-corrected chi connectivity index (χ0v) is 26.9. The van der Waals surface area contributed by atoms with Crippen LogP contribution in [0.4, 0.5) is 5.82 Å². The molecule has 44 heavy (non-hydrogen) atoms. The molecule has 0 bridgehead atoms. The summed E-state index contributed by atoms with van der Waals surface area (Å²) in [6, 6.07) is 20.5. The van der Waals surface area contributed by atoms with Crippen LogP contribution < -0.4 is 24.4 Å². The average molecular weight is 635 g/mol. The highest BCUT2D eigenvalue weighted by Gasteiger charge is 2.39. The summed E-state index contributed by atoms with van der Waals surface area (Å²) in [7, 11) is 4.83. The Hall–Kier alpha value is -4.15. The lowest BCUT2D eigenvalue weighted by Gasteiger charge is -2.24. The Morgan fingerprint density at radius 2 is 1.68 bits per heavy atom.